The Morgan fingerprint density at radius 1 is 1.18 bits per heavy atom. The van der Waals surface area contributed by atoms with E-state index in [1.54, 1.807) is 11.0 Å². The van der Waals surface area contributed by atoms with Gasteiger partial charge in [0.15, 0.2) is 5.84 Å². The second kappa shape index (κ2) is 10.4. The first-order valence-electron chi connectivity index (χ1n) is 12.8. The van der Waals surface area contributed by atoms with E-state index < -0.39 is 11.6 Å². The summed E-state index contributed by atoms with van der Waals surface area (Å²) in [5.74, 6) is -0.240. The lowest BCUT2D eigenvalue weighted by Gasteiger charge is -2.27. The number of carbonyl (C=O) groups is 2. The molecule has 0 saturated carbocycles. The van der Waals surface area contributed by atoms with Crippen molar-refractivity contribution in [2.24, 2.45) is 10.9 Å². The van der Waals surface area contributed by atoms with Crippen molar-refractivity contribution in [3.63, 3.8) is 0 Å². The SMILES string of the molecule is CC(C)Oc1ccc(C(=O)O/N=C(/N)c2cccc3c2CCC32CCN(C(=O)OC(C)(C)C)C2)cc1C#N. The number of amidine groups is 1. The van der Waals surface area contributed by atoms with Crippen molar-refractivity contribution in [2.75, 3.05) is 13.1 Å². The Kier molecular flexibility index (Phi) is 7.36. The zero-order valence-electron chi connectivity index (χ0n) is 22.5. The third-order valence-corrected chi connectivity index (χ3v) is 6.81. The summed E-state index contributed by atoms with van der Waals surface area (Å²) in [4.78, 5) is 32.2. The molecule has 0 radical (unpaired) electrons. The lowest BCUT2D eigenvalue weighted by molar-refractivity contribution is 0.0283. The van der Waals surface area contributed by atoms with Crippen LogP contribution in [0, 0.1) is 11.3 Å². The minimum absolute atomic E-state index is 0.0921. The van der Waals surface area contributed by atoms with Gasteiger partial charge in [0, 0.05) is 24.1 Å². The molecule has 1 atom stereocenters. The van der Waals surface area contributed by atoms with Gasteiger partial charge in [0.2, 0.25) is 0 Å². The fourth-order valence-corrected chi connectivity index (χ4v) is 5.16. The Morgan fingerprint density at radius 3 is 2.63 bits per heavy atom. The second-order valence-corrected chi connectivity index (χ2v) is 11.1. The van der Waals surface area contributed by atoms with Crippen molar-refractivity contribution in [1.82, 2.24) is 4.90 Å². The molecule has 0 bridgehead atoms. The number of benzene rings is 2. The topological polar surface area (TPSA) is 127 Å². The van der Waals surface area contributed by atoms with E-state index in [2.05, 4.69) is 11.2 Å². The second-order valence-electron chi connectivity index (χ2n) is 11.1. The molecule has 1 amide bonds. The van der Waals surface area contributed by atoms with Crippen LogP contribution in [0.5, 0.6) is 5.75 Å². The number of likely N-dealkylation sites (tertiary alicyclic amines) is 1. The standard InChI is InChI=1S/C29H34N4O5/c1-18(2)36-24-10-9-19(15-20(24)16-30)26(34)38-32-25(31)22-7-6-8-23-21(22)11-12-29(23)13-14-33(17-29)27(35)37-28(3,4)5/h6-10,15,18H,11-14,17H2,1-5H3,(H2,31,32). The fourth-order valence-electron chi connectivity index (χ4n) is 5.16. The number of nitrogens with two attached hydrogens (primary N) is 1. The number of hydrogen-bond donors (Lipinski definition) is 1. The molecule has 2 aromatic carbocycles. The van der Waals surface area contributed by atoms with Crippen molar-refractivity contribution in [1.29, 1.82) is 5.26 Å². The zero-order valence-corrected chi connectivity index (χ0v) is 22.5. The van der Waals surface area contributed by atoms with Gasteiger partial charge < -0.3 is 24.9 Å². The number of nitriles is 1. The van der Waals surface area contributed by atoms with E-state index in [1.165, 1.54) is 12.1 Å². The van der Waals surface area contributed by atoms with Gasteiger partial charge in [-0.2, -0.15) is 5.26 Å². The maximum absolute atomic E-state index is 12.7. The van der Waals surface area contributed by atoms with Gasteiger partial charge >= 0.3 is 12.1 Å². The molecule has 200 valence electrons. The van der Waals surface area contributed by atoms with Gasteiger partial charge in [-0.1, -0.05) is 23.4 Å². The monoisotopic (exact) mass is 518 g/mol. The van der Waals surface area contributed by atoms with Gasteiger partial charge in [-0.25, -0.2) is 9.59 Å². The van der Waals surface area contributed by atoms with Crippen molar-refractivity contribution >= 4 is 17.9 Å². The third kappa shape index (κ3) is 5.59. The molecule has 4 rings (SSSR count). The normalized spacial score (nSPS) is 18.9. The number of oxime groups is 1. The molecule has 1 saturated heterocycles. The molecule has 38 heavy (non-hydrogen) atoms. The quantitative estimate of drug-likeness (QED) is 0.264. The third-order valence-electron chi connectivity index (χ3n) is 6.81. The van der Waals surface area contributed by atoms with Crippen LogP contribution in [0.1, 0.15) is 80.1 Å². The van der Waals surface area contributed by atoms with Crippen LogP contribution >= 0.6 is 0 Å². The van der Waals surface area contributed by atoms with Crippen LogP contribution in [-0.4, -0.2) is 47.6 Å². The molecular formula is C29H34N4O5. The number of amides is 1. The van der Waals surface area contributed by atoms with Gasteiger partial charge in [-0.15, -0.1) is 0 Å². The highest BCUT2D eigenvalue weighted by atomic mass is 16.7. The van der Waals surface area contributed by atoms with E-state index in [4.69, 9.17) is 20.0 Å². The Labute approximate surface area is 223 Å². The molecule has 2 aliphatic rings. The summed E-state index contributed by atoms with van der Waals surface area (Å²) in [6.45, 7) is 10.5. The summed E-state index contributed by atoms with van der Waals surface area (Å²) in [6, 6.07) is 12.4. The lowest BCUT2D eigenvalue weighted by Crippen LogP contribution is -2.37. The first kappa shape index (κ1) is 27.0. The predicted octanol–water partition coefficient (Wildman–Crippen LogP) is 4.65. The zero-order chi connectivity index (χ0) is 27.7. The highest BCUT2D eigenvalue weighted by Crippen LogP contribution is 2.46. The van der Waals surface area contributed by atoms with Crippen LogP contribution in [0.4, 0.5) is 4.79 Å². The molecule has 2 N–H and O–H groups in total. The largest absolute Gasteiger partial charge is 0.490 e. The van der Waals surface area contributed by atoms with E-state index in [-0.39, 0.29) is 34.6 Å². The van der Waals surface area contributed by atoms with Crippen LogP contribution < -0.4 is 10.5 Å². The molecule has 9 heteroatoms. The number of nitrogens with zero attached hydrogens (tertiary/aromatic N) is 3. The maximum Gasteiger partial charge on any atom is 0.410 e. The Hall–Kier alpha value is -4.06. The molecular weight excluding hydrogens is 484 g/mol. The summed E-state index contributed by atoms with van der Waals surface area (Å²) in [7, 11) is 0. The van der Waals surface area contributed by atoms with Crippen LogP contribution in [0.15, 0.2) is 41.6 Å². The van der Waals surface area contributed by atoms with Crippen LogP contribution in [0.25, 0.3) is 0 Å². The molecule has 1 heterocycles. The summed E-state index contributed by atoms with van der Waals surface area (Å²) in [5.41, 5.74) is 8.87. The van der Waals surface area contributed by atoms with Gasteiger partial charge in [0.25, 0.3) is 0 Å². The van der Waals surface area contributed by atoms with Gasteiger partial charge in [-0.05, 0) is 83.2 Å². The molecule has 0 aromatic heterocycles. The van der Waals surface area contributed by atoms with Crippen molar-refractivity contribution in [2.45, 2.75) is 71.0 Å². The molecule has 2 aromatic rings. The number of fused-ring (bicyclic) bond motifs is 2. The Morgan fingerprint density at radius 2 is 1.95 bits per heavy atom. The summed E-state index contributed by atoms with van der Waals surface area (Å²) >= 11 is 0. The lowest BCUT2D eigenvalue weighted by atomic mass is 9.81. The minimum Gasteiger partial charge on any atom is -0.490 e. The summed E-state index contributed by atoms with van der Waals surface area (Å²) < 4.78 is 11.2. The van der Waals surface area contributed by atoms with Crippen LogP contribution in [0.3, 0.4) is 0 Å². The van der Waals surface area contributed by atoms with Gasteiger partial charge in [0.05, 0.1) is 17.2 Å². The predicted molar refractivity (Wildman–Crippen MR) is 142 cm³/mol. The van der Waals surface area contributed by atoms with Crippen molar-refractivity contribution < 1.29 is 23.9 Å². The number of carbonyl (C=O) groups excluding carboxylic acids is 2. The average molecular weight is 519 g/mol. The fraction of sp³-hybridized carbons (Fsp3) is 0.448. The van der Waals surface area contributed by atoms with E-state index in [0.717, 1.165) is 30.4 Å². The summed E-state index contributed by atoms with van der Waals surface area (Å²) in [5, 5.41) is 13.3. The Balaban J connectivity index is 1.50. The number of rotatable bonds is 5. The van der Waals surface area contributed by atoms with E-state index in [1.807, 2.05) is 52.8 Å². The minimum atomic E-state index is -0.728. The molecule has 1 aliphatic heterocycles. The highest BCUT2D eigenvalue weighted by Gasteiger charge is 2.46. The molecule has 1 spiro atoms. The molecule has 1 aliphatic carbocycles. The van der Waals surface area contributed by atoms with Crippen molar-refractivity contribution in [3.05, 3.63) is 64.2 Å². The van der Waals surface area contributed by atoms with Crippen LogP contribution in [-0.2, 0) is 21.4 Å². The van der Waals surface area contributed by atoms with Gasteiger partial charge in [0.1, 0.15) is 17.4 Å². The van der Waals surface area contributed by atoms with E-state index in [9.17, 15) is 14.9 Å². The number of ether oxygens (including phenoxy) is 2. The maximum atomic E-state index is 12.7. The Bertz CT molecular complexity index is 1320. The highest BCUT2D eigenvalue weighted by molar-refractivity contribution is 6.00. The summed E-state index contributed by atoms with van der Waals surface area (Å²) in [6.07, 6.45) is 2.09. The van der Waals surface area contributed by atoms with E-state index in [0.29, 0.717) is 24.4 Å². The van der Waals surface area contributed by atoms with E-state index >= 15 is 0 Å². The molecule has 9 nitrogen and oxygen atoms in total. The first-order valence-corrected chi connectivity index (χ1v) is 12.8. The number of hydrogen-bond acceptors (Lipinski definition) is 7. The molecule has 1 fully saturated rings. The smallest absolute Gasteiger partial charge is 0.410 e. The molecule has 1 unspecified atom stereocenters. The van der Waals surface area contributed by atoms with Crippen LogP contribution in [0.2, 0.25) is 0 Å². The first-order chi connectivity index (χ1) is 17.9. The van der Waals surface area contributed by atoms with Crippen molar-refractivity contribution in [3.8, 4) is 11.8 Å². The average Bonchev–Trinajstić information content (AvgIpc) is 3.46. The van der Waals surface area contributed by atoms with Gasteiger partial charge in [-0.3, -0.25) is 0 Å².